The zero-order valence-electron chi connectivity index (χ0n) is 16.2. The van der Waals surface area contributed by atoms with Crippen molar-refractivity contribution in [1.82, 2.24) is 9.88 Å². The maximum absolute atomic E-state index is 13.4. The lowest BCUT2D eigenvalue weighted by atomic mass is 9.84. The molecule has 9 heteroatoms. The molecule has 0 saturated carbocycles. The molecule has 30 heavy (non-hydrogen) atoms. The number of halogens is 2. The lowest BCUT2D eigenvalue weighted by Crippen LogP contribution is -2.41. The Morgan fingerprint density at radius 2 is 2.00 bits per heavy atom. The number of rotatable bonds is 5. The number of methoxy groups -OCH3 is 1. The lowest BCUT2D eigenvalue weighted by Gasteiger charge is -2.26. The summed E-state index contributed by atoms with van der Waals surface area (Å²) in [4.78, 5) is 23.1. The molecule has 2 aromatic heterocycles. The molecule has 1 unspecified atom stereocenters. The van der Waals surface area contributed by atoms with Gasteiger partial charge in [0.1, 0.15) is 11.4 Å². The van der Waals surface area contributed by atoms with Crippen molar-refractivity contribution in [3.8, 4) is 16.9 Å². The number of alkyl halides is 2. The molecule has 154 valence electrons. The van der Waals surface area contributed by atoms with E-state index in [1.807, 2.05) is 22.9 Å². The monoisotopic (exact) mass is 428 g/mol. The Morgan fingerprint density at radius 1 is 1.20 bits per heavy atom. The Labute approximate surface area is 175 Å². The van der Waals surface area contributed by atoms with Gasteiger partial charge >= 0.3 is 0 Å². The molecule has 0 radical (unpaired) electrons. The number of aromatic nitrogens is 1. The van der Waals surface area contributed by atoms with Crippen LogP contribution in [0.2, 0.25) is 0 Å². The van der Waals surface area contributed by atoms with Crippen molar-refractivity contribution in [3.05, 3.63) is 70.2 Å². The summed E-state index contributed by atoms with van der Waals surface area (Å²) in [6.07, 6.45) is -2.79. The van der Waals surface area contributed by atoms with Crippen LogP contribution in [0, 0.1) is 0 Å². The average molecular weight is 428 g/mol. The maximum atomic E-state index is 13.4. The minimum absolute atomic E-state index is 0.0239. The van der Waals surface area contributed by atoms with Gasteiger partial charge in [0.05, 0.1) is 12.8 Å². The molecule has 3 heterocycles. The Morgan fingerprint density at radius 3 is 2.60 bits per heavy atom. The number of carbonyl (C=O) groups is 1. The predicted molar refractivity (Wildman–Crippen MR) is 111 cm³/mol. The second kappa shape index (κ2) is 7.49. The largest absolute Gasteiger partial charge is 0.497 e. The number of guanidine groups is 1. The van der Waals surface area contributed by atoms with E-state index in [-0.39, 0.29) is 11.7 Å². The quantitative estimate of drug-likeness (QED) is 0.671. The molecular weight excluding hydrogens is 410 g/mol. The van der Waals surface area contributed by atoms with E-state index in [1.165, 1.54) is 48.6 Å². The number of aliphatic imine (C=N–C) groups is 1. The molecule has 1 amide bonds. The molecule has 6 nitrogen and oxygen atoms in total. The van der Waals surface area contributed by atoms with Crippen LogP contribution in [0.15, 0.2) is 58.2 Å². The summed E-state index contributed by atoms with van der Waals surface area (Å²) < 4.78 is 32.1. The first-order valence-electron chi connectivity index (χ1n) is 8.98. The van der Waals surface area contributed by atoms with Gasteiger partial charge in [0.2, 0.25) is 5.54 Å². The van der Waals surface area contributed by atoms with E-state index in [0.29, 0.717) is 11.3 Å². The highest BCUT2D eigenvalue weighted by Gasteiger charge is 2.51. The van der Waals surface area contributed by atoms with Crippen molar-refractivity contribution in [1.29, 1.82) is 0 Å². The number of carbonyl (C=O) groups excluding carboxylic acids is 1. The van der Waals surface area contributed by atoms with Crippen molar-refractivity contribution in [2.24, 2.45) is 10.7 Å². The van der Waals surface area contributed by atoms with Gasteiger partial charge in [0.25, 0.3) is 12.3 Å². The SMILES string of the molecule is COc1cc(-c2ccsc2)cc(C2(c3cccc(C(F)F)n3)N=C(N)N(C)C2=O)c1. The summed E-state index contributed by atoms with van der Waals surface area (Å²) in [6.45, 7) is 0. The van der Waals surface area contributed by atoms with Crippen molar-refractivity contribution in [2.75, 3.05) is 14.2 Å². The molecular formula is C21H18F2N4O2S. The van der Waals surface area contributed by atoms with Crippen LogP contribution in [-0.4, -0.2) is 35.9 Å². The second-order valence-corrected chi connectivity index (χ2v) is 7.54. The van der Waals surface area contributed by atoms with E-state index >= 15 is 0 Å². The Bertz CT molecular complexity index is 1130. The highest BCUT2D eigenvalue weighted by Crippen LogP contribution is 2.42. The molecule has 1 aromatic carbocycles. The second-order valence-electron chi connectivity index (χ2n) is 6.76. The fourth-order valence-electron chi connectivity index (χ4n) is 3.44. The van der Waals surface area contributed by atoms with Crippen LogP contribution < -0.4 is 10.5 Å². The molecule has 1 atom stereocenters. The van der Waals surface area contributed by atoms with Gasteiger partial charge in [-0.05, 0) is 63.8 Å². The van der Waals surface area contributed by atoms with Crippen LogP contribution in [-0.2, 0) is 10.3 Å². The Hall–Kier alpha value is -3.33. The van der Waals surface area contributed by atoms with Crippen LogP contribution in [0.1, 0.15) is 23.4 Å². The fraction of sp³-hybridized carbons (Fsp3) is 0.190. The van der Waals surface area contributed by atoms with E-state index < -0.39 is 23.6 Å². The number of pyridine rings is 1. The summed E-state index contributed by atoms with van der Waals surface area (Å²) >= 11 is 1.53. The molecule has 1 aliphatic heterocycles. The van der Waals surface area contributed by atoms with Gasteiger partial charge in [0.15, 0.2) is 5.96 Å². The molecule has 0 spiro atoms. The normalized spacial score (nSPS) is 18.8. The van der Waals surface area contributed by atoms with E-state index in [9.17, 15) is 13.6 Å². The van der Waals surface area contributed by atoms with Gasteiger partial charge in [-0.2, -0.15) is 11.3 Å². The third-order valence-corrected chi connectivity index (χ3v) is 5.70. The summed E-state index contributed by atoms with van der Waals surface area (Å²) in [5.41, 5.74) is 6.07. The lowest BCUT2D eigenvalue weighted by molar-refractivity contribution is -0.129. The Kier molecular flexibility index (Phi) is 4.98. The number of nitrogens with two attached hydrogens (primary N) is 1. The van der Waals surface area contributed by atoms with Crippen LogP contribution in [0.3, 0.4) is 0 Å². The predicted octanol–water partition coefficient (Wildman–Crippen LogP) is 3.79. The van der Waals surface area contributed by atoms with Gasteiger partial charge < -0.3 is 10.5 Å². The number of amides is 1. The minimum atomic E-state index is -2.79. The maximum Gasteiger partial charge on any atom is 0.280 e. The molecule has 4 rings (SSSR count). The average Bonchev–Trinajstić information content (AvgIpc) is 3.37. The number of hydrogen-bond donors (Lipinski definition) is 1. The van der Waals surface area contributed by atoms with Crippen LogP contribution >= 0.6 is 11.3 Å². The summed E-state index contributed by atoms with van der Waals surface area (Å²) in [5.74, 6) is -0.0122. The highest BCUT2D eigenvalue weighted by molar-refractivity contribution is 7.08. The number of hydrogen-bond acceptors (Lipinski definition) is 6. The zero-order chi connectivity index (χ0) is 21.5. The summed E-state index contributed by atoms with van der Waals surface area (Å²) in [7, 11) is 3.00. The van der Waals surface area contributed by atoms with Gasteiger partial charge in [0, 0.05) is 7.05 Å². The number of nitrogens with zero attached hydrogens (tertiary/aromatic N) is 3. The van der Waals surface area contributed by atoms with Crippen molar-refractivity contribution in [2.45, 2.75) is 12.0 Å². The molecule has 0 aliphatic carbocycles. The van der Waals surface area contributed by atoms with Crippen LogP contribution in [0.4, 0.5) is 8.78 Å². The Balaban J connectivity index is 2.01. The number of thiophene rings is 1. The third-order valence-electron chi connectivity index (χ3n) is 5.02. The van der Waals surface area contributed by atoms with Crippen molar-refractivity contribution >= 4 is 23.2 Å². The van der Waals surface area contributed by atoms with E-state index in [0.717, 1.165) is 11.1 Å². The molecule has 0 bridgehead atoms. The molecule has 0 saturated heterocycles. The fourth-order valence-corrected chi connectivity index (χ4v) is 4.10. The van der Waals surface area contributed by atoms with E-state index in [1.54, 1.807) is 12.1 Å². The minimum Gasteiger partial charge on any atom is -0.497 e. The number of likely N-dealkylation sites (N-methyl/N-ethyl adjacent to an activating group) is 1. The van der Waals surface area contributed by atoms with Crippen LogP contribution in [0.5, 0.6) is 5.75 Å². The highest BCUT2D eigenvalue weighted by atomic mass is 32.1. The molecule has 3 aromatic rings. The zero-order valence-corrected chi connectivity index (χ0v) is 17.0. The molecule has 2 N–H and O–H groups in total. The van der Waals surface area contributed by atoms with Crippen LogP contribution in [0.25, 0.3) is 11.1 Å². The smallest absolute Gasteiger partial charge is 0.280 e. The first-order valence-corrected chi connectivity index (χ1v) is 9.92. The number of ether oxygens (including phenoxy) is 1. The van der Waals surface area contributed by atoms with E-state index in [4.69, 9.17) is 10.5 Å². The van der Waals surface area contributed by atoms with E-state index in [2.05, 4.69) is 9.98 Å². The number of benzene rings is 1. The summed E-state index contributed by atoms with van der Waals surface area (Å²) in [6, 6.07) is 11.4. The summed E-state index contributed by atoms with van der Waals surface area (Å²) in [5, 5.41) is 3.89. The standard InChI is InChI=1S/C21H18F2N4O2S/c1-27-19(28)21(26-20(27)24,17-5-3-4-16(25-17)18(22)23)14-8-13(9-15(10-14)29-2)12-6-7-30-11-12/h3-11,18H,1-2H3,(H2,24,26). The van der Waals surface area contributed by atoms with Crippen molar-refractivity contribution < 1.29 is 18.3 Å². The first kappa shape index (κ1) is 20.0. The van der Waals surface area contributed by atoms with Crippen molar-refractivity contribution in [3.63, 3.8) is 0 Å². The van der Waals surface area contributed by atoms with Gasteiger partial charge in [-0.25, -0.2) is 18.8 Å². The third kappa shape index (κ3) is 3.11. The first-order chi connectivity index (χ1) is 14.4. The molecule has 0 fully saturated rings. The molecule has 1 aliphatic rings. The van der Waals surface area contributed by atoms with Gasteiger partial charge in [-0.1, -0.05) is 6.07 Å². The van der Waals surface area contributed by atoms with Gasteiger partial charge in [-0.15, -0.1) is 0 Å². The topological polar surface area (TPSA) is 80.8 Å². The van der Waals surface area contributed by atoms with Gasteiger partial charge in [-0.3, -0.25) is 9.69 Å².